The van der Waals surface area contributed by atoms with Gasteiger partial charge in [-0.3, -0.25) is 4.90 Å². The zero-order chi connectivity index (χ0) is 14.7. The molecule has 5 heteroatoms. The highest BCUT2D eigenvalue weighted by molar-refractivity contribution is 5.72. The van der Waals surface area contributed by atoms with E-state index in [1.807, 2.05) is 6.92 Å². The van der Waals surface area contributed by atoms with Crippen LogP contribution < -0.4 is 5.32 Å². The van der Waals surface area contributed by atoms with Crippen LogP contribution in [0.3, 0.4) is 0 Å². The largest absolute Gasteiger partial charge is 0.437 e. The third kappa shape index (κ3) is 2.13. The molecule has 0 bridgehead atoms. The molecule has 2 rings (SSSR count). The first-order valence-corrected chi connectivity index (χ1v) is 7.05. The number of hydrogen-bond donors (Lipinski definition) is 2. The number of likely N-dealkylation sites (N-methyl/N-ethyl adjacent to an activating group) is 1. The maximum atomic E-state index is 12.0. The van der Waals surface area contributed by atoms with Crippen molar-refractivity contribution in [3.63, 3.8) is 0 Å². The summed E-state index contributed by atoms with van der Waals surface area (Å²) in [5.41, 5.74) is -2.21. The predicted octanol–water partition coefficient (Wildman–Crippen LogP) is 0.820. The van der Waals surface area contributed by atoms with E-state index in [9.17, 15) is 9.90 Å². The molecule has 2 heterocycles. The van der Waals surface area contributed by atoms with E-state index in [2.05, 4.69) is 33.0 Å². The van der Waals surface area contributed by atoms with Gasteiger partial charge in [-0.1, -0.05) is 0 Å². The fraction of sp³-hybridized carbons (Fsp3) is 0.929. The van der Waals surface area contributed by atoms with E-state index in [0.717, 1.165) is 0 Å². The number of carbonyl (C=O) groups excluding carboxylic acids is 1. The van der Waals surface area contributed by atoms with E-state index < -0.39 is 17.4 Å². The summed E-state index contributed by atoms with van der Waals surface area (Å²) in [5, 5.41) is 13.2. The SMILES string of the molecule is CCN1C(=O)OC2(CC(C)(C)[NH2+]C(C)(C)C2)[C@@]1(C)O. The highest BCUT2D eigenvalue weighted by Gasteiger charge is 2.67. The van der Waals surface area contributed by atoms with Gasteiger partial charge in [-0.05, 0) is 41.5 Å². The molecular weight excluding hydrogens is 244 g/mol. The third-order valence-corrected chi connectivity index (χ3v) is 4.47. The number of piperidine rings is 1. The number of ether oxygens (including phenoxy) is 1. The van der Waals surface area contributed by atoms with E-state index in [-0.39, 0.29) is 11.1 Å². The topological polar surface area (TPSA) is 66.4 Å². The lowest BCUT2D eigenvalue weighted by Gasteiger charge is -2.51. The second-order valence-corrected chi connectivity index (χ2v) is 7.60. The third-order valence-electron chi connectivity index (χ3n) is 4.47. The molecule has 2 fully saturated rings. The normalized spacial score (nSPS) is 35.5. The van der Waals surface area contributed by atoms with Gasteiger partial charge in [-0.2, -0.15) is 0 Å². The smallest absolute Gasteiger partial charge is 0.412 e. The fourth-order valence-corrected chi connectivity index (χ4v) is 4.28. The maximum Gasteiger partial charge on any atom is 0.412 e. The first kappa shape index (κ1) is 14.6. The van der Waals surface area contributed by atoms with Crippen LogP contribution in [0.1, 0.15) is 54.4 Å². The summed E-state index contributed by atoms with van der Waals surface area (Å²) in [5.74, 6) is 0. The first-order chi connectivity index (χ1) is 8.45. The van der Waals surface area contributed by atoms with E-state index in [1.54, 1.807) is 6.92 Å². The number of carbonyl (C=O) groups is 1. The van der Waals surface area contributed by atoms with E-state index in [0.29, 0.717) is 19.4 Å². The molecule has 0 aromatic heterocycles. The summed E-state index contributed by atoms with van der Waals surface area (Å²) in [6.07, 6.45) is 0.901. The van der Waals surface area contributed by atoms with Gasteiger partial charge in [0.25, 0.3) is 0 Å². The first-order valence-electron chi connectivity index (χ1n) is 7.05. The number of amides is 1. The summed E-state index contributed by atoms with van der Waals surface area (Å²) in [6.45, 7) is 12.6. The maximum absolute atomic E-state index is 12.0. The Labute approximate surface area is 115 Å². The Kier molecular flexibility index (Phi) is 2.96. The zero-order valence-electron chi connectivity index (χ0n) is 12.9. The monoisotopic (exact) mass is 271 g/mol. The van der Waals surface area contributed by atoms with Crippen molar-refractivity contribution in [2.24, 2.45) is 0 Å². The number of hydrogen-bond acceptors (Lipinski definition) is 3. The summed E-state index contributed by atoms with van der Waals surface area (Å²) >= 11 is 0. The lowest BCUT2D eigenvalue weighted by atomic mass is 9.68. The summed E-state index contributed by atoms with van der Waals surface area (Å²) in [4.78, 5) is 13.5. The average molecular weight is 271 g/mol. The molecule has 1 spiro atoms. The zero-order valence-corrected chi connectivity index (χ0v) is 12.9. The summed E-state index contributed by atoms with van der Waals surface area (Å²) in [6, 6.07) is 0. The number of rotatable bonds is 1. The highest BCUT2D eigenvalue weighted by atomic mass is 16.6. The average Bonchev–Trinajstić information content (AvgIpc) is 2.27. The number of nitrogens with zero attached hydrogens (tertiary/aromatic N) is 1. The molecule has 3 N–H and O–H groups in total. The standard InChI is InChI=1S/C14H26N2O3/c1-7-16-10(17)19-14(13(16,6)18)8-11(2,3)15-12(4,5)9-14/h15,18H,7-9H2,1-6H3/p+1/t13-/m1/s1. The Balaban J connectivity index is 2.45. The van der Waals surface area contributed by atoms with Crippen LogP contribution >= 0.6 is 0 Å². The fourth-order valence-electron chi connectivity index (χ4n) is 4.28. The van der Waals surface area contributed by atoms with Crippen molar-refractivity contribution in [3.05, 3.63) is 0 Å². The molecule has 0 aromatic carbocycles. The molecule has 0 saturated carbocycles. The van der Waals surface area contributed by atoms with Crippen LogP contribution in [-0.2, 0) is 4.74 Å². The minimum Gasteiger partial charge on any atom is -0.437 e. The number of aliphatic hydroxyl groups is 1. The molecule has 110 valence electrons. The second kappa shape index (κ2) is 3.85. The molecular formula is C14H27N2O3+. The van der Waals surface area contributed by atoms with Crippen LogP contribution in [-0.4, -0.2) is 45.0 Å². The van der Waals surface area contributed by atoms with Crippen molar-refractivity contribution in [2.45, 2.75) is 76.8 Å². The van der Waals surface area contributed by atoms with Crippen LogP contribution in [0.15, 0.2) is 0 Å². The quantitative estimate of drug-likeness (QED) is 0.742. The molecule has 2 saturated heterocycles. The van der Waals surface area contributed by atoms with E-state index in [1.165, 1.54) is 4.90 Å². The molecule has 0 aliphatic carbocycles. The van der Waals surface area contributed by atoms with Gasteiger partial charge in [0.15, 0.2) is 11.3 Å². The Morgan fingerprint density at radius 3 is 2.05 bits per heavy atom. The molecule has 0 unspecified atom stereocenters. The van der Waals surface area contributed by atoms with Crippen LogP contribution in [0, 0.1) is 0 Å². The van der Waals surface area contributed by atoms with Gasteiger partial charge in [-0.25, -0.2) is 4.79 Å². The lowest BCUT2D eigenvalue weighted by Crippen LogP contribution is -3.07. The molecule has 1 amide bonds. The van der Waals surface area contributed by atoms with Crippen molar-refractivity contribution in [1.82, 2.24) is 4.90 Å². The number of quaternary nitrogens is 1. The summed E-state index contributed by atoms with van der Waals surface area (Å²) < 4.78 is 5.70. The van der Waals surface area contributed by atoms with Crippen LogP contribution in [0.2, 0.25) is 0 Å². The molecule has 2 aliphatic rings. The lowest BCUT2D eigenvalue weighted by molar-refractivity contribution is -0.793. The van der Waals surface area contributed by atoms with Crippen molar-refractivity contribution in [3.8, 4) is 0 Å². The van der Waals surface area contributed by atoms with Gasteiger partial charge < -0.3 is 15.2 Å². The van der Waals surface area contributed by atoms with Gasteiger partial charge in [0, 0.05) is 19.4 Å². The van der Waals surface area contributed by atoms with Crippen LogP contribution in [0.25, 0.3) is 0 Å². The van der Waals surface area contributed by atoms with Crippen molar-refractivity contribution in [2.75, 3.05) is 6.54 Å². The van der Waals surface area contributed by atoms with Crippen molar-refractivity contribution in [1.29, 1.82) is 0 Å². The van der Waals surface area contributed by atoms with E-state index in [4.69, 9.17) is 4.74 Å². The van der Waals surface area contributed by atoms with Crippen LogP contribution in [0.4, 0.5) is 4.79 Å². The van der Waals surface area contributed by atoms with Gasteiger partial charge in [-0.15, -0.1) is 0 Å². The Morgan fingerprint density at radius 1 is 1.21 bits per heavy atom. The molecule has 19 heavy (non-hydrogen) atoms. The minimum atomic E-state index is -1.25. The van der Waals surface area contributed by atoms with Gasteiger partial charge >= 0.3 is 6.09 Å². The molecule has 2 aliphatic heterocycles. The second-order valence-electron chi connectivity index (χ2n) is 7.60. The Bertz CT molecular complexity index is 385. The highest BCUT2D eigenvalue weighted by Crippen LogP contribution is 2.47. The van der Waals surface area contributed by atoms with Gasteiger partial charge in [0.05, 0.1) is 11.1 Å². The predicted molar refractivity (Wildman–Crippen MR) is 71.5 cm³/mol. The number of nitrogens with two attached hydrogens (primary N) is 1. The van der Waals surface area contributed by atoms with E-state index >= 15 is 0 Å². The molecule has 1 atom stereocenters. The van der Waals surface area contributed by atoms with Gasteiger partial charge in [0.1, 0.15) is 0 Å². The molecule has 0 radical (unpaired) electrons. The Morgan fingerprint density at radius 2 is 1.68 bits per heavy atom. The molecule has 0 aromatic rings. The van der Waals surface area contributed by atoms with Crippen molar-refractivity contribution < 1.29 is 20.0 Å². The minimum absolute atomic E-state index is 0.0736. The van der Waals surface area contributed by atoms with Crippen LogP contribution in [0.5, 0.6) is 0 Å². The molecule has 5 nitrogen and oxygen atoms in total. The van der Waals surface area contributed by atoms with Gasteiger partial charge in [0.2, 0.25) is 0 Å². The van der Waals surface area contributed by atoms with Crippen molar-refractivity contribution >= 4 is 6.09 Å². The Hall–Kier alpha value is -0.810. The summed E-state index contributed by atoms with van der Waals surface area (Å²) in [7, 11) is 0.